The number of amides is 1. The predicted molar refractivity (Wildman–Crippen MR) is 73.4 cm³/mol. The van der Waals surface area contributed by atoms with Gasteiger partial charge in [0.05, 0.1) is 19.1 Å². The van der Waals surface area contributed by atoms with Crippen LogP contribution in [0.1, 0.15) is 23.7 Å². The number of carbonyl (C=O) groups is 1. The summed E-state index contributed by atoms with van der Waals surface area (Å²) in [7, 11) is 1.79. The fourth-order valence-corrected chi connectivity index (χ4v) is 2.68. The van der Waals surface area contributed by atoms with Crippen molar-refractivity contribution in [2.45, 2.75) is 18.9 Å². The molecule has 0 aliphatic carbocycles. The Labute approximate surface area is 116 Å². The van der Waals surface area contributed by atoms with Crippen LogP contribution >= 0.6 is 0 Å². The molecule has 1 aromatic heterocycles. The molecule has 2 aromatic rings. The Kier molecular flexibility index (Phi) is 3.23. The molecule has 1 aromatic carbocycles. The van der Waals surface area contributed by atoms with Gasteiger partial charge in [0, 0.05) is 19.2 Å². The van der Waals surface area contributed by atoms with Gasteiger partial charge < -0.3 is 10.0 Å². The molecule has 6 nitrogen and oxygen atoms in total. The summed E-state index contributed by atoms with van der Waals surface area (Å²) in [6, 6.07) is 7.83. The van der Waals surface area contributed by atoms with Crippen LogP contribution in [-0.4, -0.2) is 39.4 Å². The lowest BCUT2D eigenvalue weighted by atomic mass is 9.89. The van der Waals surface area contributed by atoms with E-state index in [0.29, 0.717) is 13.0 Å². The lowest BCUT2D eigenvalue weighted by Gasteiger charge is -2.31. The van der Waals surface area contributed by atoms with E-state index in [1.807, 2.05) is 24.3 Å². The Bertz CT molecular complexity index is 638. The molecule has 20 heavy (non-hydrogen) atoms. The van der Waals surface area contributed by atoms with Crippen LogP contribution in [0, 0.1) is 0 Å². The van der Waals surface area contributed by atoms with Crippen molar-refractivity contribution in [1.82, 2.24) is 14.8 Å². The molecule has 1 aliphatic rings. The van der Waals surface area contributed by atoms with Gasteiger partial charge in [-0.1, -0.05) is 18.2 Å². The van der Waals surface area contributed by atoms with Crippen LogP contribution in [0.3, 0.4) is 0 Å². The van der Waals surface area contributed by atoms with E-state index in [4.69, 9.17) is 5.11 Å². The van der Waals surface area contributed by atoms with Crippen LogP contribution in [0.2, 0.25) is 0 Å². The largest absolute Gasteiger partial charge is 0.394 e. The van der Waals surface area contributed by atoms with Gasteiger partial charge in [0.15, 0.2) is 0 Å². The Morgan fingerprint density at radius 1 is 1.40 bits per heavy atom. The zero-order chi connectivity index (χ0) is 14.1. The molecule has 3 rings (SSSR count). The van der Waals surface area contributed by atoms with E-state index in [2.05, 4.69) is 10.1 Å². The van der Waals surface area contributed by atoms with Gasteiger partial charge in [-0.2, -0.15) is 5.10 Å². The Hall–Kier alpha value is -2.21. The van der Waals surface area contributed by atoms with Gasteiger partial charge in [-0.05, 0) is 11.6 Å². The summed E-state index contributed by atoms with van der Waals surface area (Å²) < 4.78 is 1.67. The molecule has 1 aliphatic heterocycles. The molecular weight excluding hydrogens is 256 g/mol. The number of benzene rings is 1. The van der Waals surface area contributed by atoms with E-state index in [-0.39, 0.29) is 18.4 Å². The van der Waals surface area contributed by atoms with Crippen LogP contribution in [-0.2, 0) is 11.3 Å². The minimum atomic E-state index is -0.107. The predicted octanol–water partition coefficient (Wildman–Crippen LogP) is 0.769. The van der Waals surface area contributed by atoms with Crippen LogP contribution in [0.25, 0.3) is 0 Å². The van der Waals surface area contributed by atoms with Gasteiger partial charge >= 0.3 is 0 Å². The summed E-state index contributed by atoms with van der Waals surface area (Å²) in [6.07, 6.45) is 1.84. The molecule has 0 spiro atoms. The molecule has 1 N–H and O–H groups in total. The van der Waals surface area contributed by atoms with Gasteiger partial charge in [0.25, 0.3) is 0 Å². The van der Waals surface area contributed by atoms with E-state index >= 15 is 0 Å². The molecule has 1 amide bonds. The van der Waals surface area contributed by atoms with Crippen molar-refractivity contribution in [2.75, 3.05) is 18.6 Å². The number of aliphatic hydroxyl groups is 1. The van der Waals surface area contributed by atoms with Crippen molar-refractivity contribution >= 4 is 11.6 Å². The summed E-state index contributed by atoms with van der Waals surface area (Å²) in [6.45, 7) is 0.386. The lowest BCUT2D eigenvalue weighted by Crippen LogP contribution is -2.34. The molecule has 6 heteroatoms. The van der Waals surface area contributed by atoms with E-state index < -0.39 is 0 Å². The summed E-state index contributed by atoms with van der Waals surface area (Å²) >= 11 is 0. The molecule has 0 saturated carbocycles. The number of nitrogens with zero attached hydrogens (tertiary/aromatic N) is 4. The first kappa shape index (κ1) is 12.8. The number of fused-ring (bicyclic) bond motifs is 1. The van der Waals surface area contributed by atoms with Crippen LogP contribution < -0.4 is 4.90 Å². The van der Waals surface area contributed by atoms with E-state index in [9.17, 15) is 4.79 Å². The number of aromatic nitrogens is 3. The third kappa shape index (κ3) is 1.98. The Morgan fingerprint density at radius 2 is 2.20 bits per heavy atom. The van der Waals surface area contributed by atoms with E-state index in [1.165, 1.54) is 6.33 Å². The number of hydrogen-bond acceptors (Lipinski definition) is 4. The van der Waals surface area contributed by atoms with Gasteiger partial charge in [0.1, 0.15) is 12.2 Å². The number of aliphatic hydroxyl groups excluding tert-OH is 1. The lowest BCUT2D eigenvalue weighted by molar-refractivity contribution is -0.118. The highest BCUT2D eigenvalue weighted by atomic mass is 16.3. The number of rotatable bonds is 3. The maximum Gasteiger partial charge on any atom is 0.227 e. The molecule has 0 saturated heterocycles. The van der Waals surface area contributed by atoms with E-state index in [0.717, 1.165) is 17.1 Å². The van der Waals surface area contributed by atoms with Crippen molar-refractivity contribution in [3.05, 3.63) is 42.0 Å². The van der Waals surface area contributed by atoms with Crippen molar-refractivity contribution in [3.63, 3.8) is 0 Å². The van der Waals surface area contributed by atoms with Crippen LogP contribution in [0.4, 0.5) is 5.69 Å². The minimum absolute atomic E-state index is 0.00141. The summed E-state index contributed by atoms with van der Waals surface area (Å²) in [4.78, 5) is 18.1. The molecule has 0 unspecified atom stereocenters. The van der Waals surface area contributed by atoms with Gasteiger partial charge in [-0.3, -0.25) is 4.79 Å². The van der Waals surface area contributed by atoms with Gasteiger partial charge in [0.2, 0.25) is 5.91 Å². The summed E-state index contributed by atoms with van der Waals surface area (Å²) in [5, 5.41) is 13.2. The second-order valence-electron chi connectivity index (χ2n) is 4.83. The average molecular weight is 272 g/mol. The number of para-hydroxylation sites is 1. The second kappa shape index (κ2) is 5.05. The van der Waals surface area contributed by atoms with Gasteiger partial charge in [-0.15, -0.1) is 0 Å². The maximum absolute atomic E-state index is 12.2. The fraction of sp³-hybridized carbons (Fsp3) is 0.357. The standard InChI is InChI=1S/C14H16N4O2/c1-17-12-5-3-2-4-10(12)11(8-13(17)20)14-15-9-16-18(14)6-7-19/h2-5,9,11,19H,6-8H2,1H3/t11-/m1/s1. The highest BCUT2D eigenvalue weighted by Gasteiger charge is 2.32. The molecule has 0 fully saturated rings. The van der Waals surface area contributed by atoms with Crippen LogP contribution in [0.15, 0.2) is 30.6 Å². The highest BCUT2D eigenvalue weighted by Crippen LogP contribution is 2.38. The number of carbonyl (C=O) groups excluding carboxylic acids is 1. The SMILES string of the molecule is CN1C(=O)C[C@@H](c2ncnn2CCO)c2ccccc21. The third-order valence-corrected chi connectivity index (χ3v) is 3.70. The topological polar surface area (TPSA) is 71.2 Å². The monoisotopic (exact) mass is 272 g/mol. The molecule has 2 heterocycles. The molecule has 0 bridgehead atoms. The first-order chi connectivity index (χ1) is 9.72. The normalized spacial score (nSPS) is 18.2. The van der Waals surface area contributed by atoms with Crippen molar-refractivity contribution in [2.24, 2.45) is 0 Å². The molecule has 104 valence electrons. The van der Waals surface area contributed by atoms with Crippen molar-refractivity contribution in [3.8, 4) is 0 Å². The molecule has 0 radical (unpaired) electrons. The number of hydrogen-bond donors (Lipinski definition) is 1. The first-order valence-electron chi connectivity index (χ1n) is 6.56. The smallest absolute Gasteiger partial charge is 0.227 e. The zero-order valence-corrected chi connectivity index (χ0v) is 11.2. The van der Waals surface area contributed by atoms with E-state index in [1.54, 1.807) is 16.6 Å². The summed E-state index contributed by atoms with van der Waals surface area (Å²) in [5.41, 5.74) is 1.98. The maximum atomic E-state index is 12.2. The molecular formula is C14H16N4O2. The van der Waals surface area contributed by atoms with Crippen molar-refractivity contribution < 1.29 is 9.90 Å². The second-order valence-corrected chi connectivity index (χ2v) is 4.83. The van der Waals surface area contributed by atoms with Crippen LogP contribution in [0.5, 0.6) is 0 Å². The third-order valence-electron chi connectivity index (χ3n) is 3.70. The Balaban J connectivity index is 2.08. The van der Waals surface area contributed by atoms with Crippen molar-refractivity contribution in [1.29, 1.82) is 0 Å². The number of anilines is 1. The fourth-order valence-electron chi connectivity index (χ4n) is 2.68. The molecule has 1 atom stereocenters. The average Bonchev–Trinajstić information content (AvgIpc) is 2.91. The Morgan fingerprint density at radius 3 is 3.00 bits per heavy atom. The highest BCUT2D eigenvalue weighted by molar-refractivity contribution is 5.97. The summed E-state index contributed by atoms with van der Waals surface area (Å²) in [5.74, 6) is 0.684. The quantitative estimate of drug-likeness (QED) is 0.896. The first-order valence-corrected chi connectivity index (χ1v) is 6.56. The zero-order valence-electron chi connectivity index (χ0n) is 11.2. The minimum Gasteiger partial charge on any atom is -0.394 e. The van der Waals surface area contributed by atoms with Gasteiger partial charge in [-0.25, -0.2) is 9.67 Å².